The summed E-state index contributed by atoms with van der Waals surface area (Å²) in [5.74, 6) is 0. The summed E-state index contributed by atoms with van der Waals surface area (Å²) >= 11 is 6.03. The van der Waals surface area contributed by atoms with Gasteiger partial charge in [-0.1, -0.05) is 44.5 Å². The Balaban J connectivity index is 3.40. The molecular formula is C14H21ClO2Si. The summed E-state index contributed by atoms with van der Waals surface area (Å²) in [6.45, 7) is 10.2. The zero-order valence-electron chi connectivity index (χ0n) is 11.7. The van der Waals surface area contributed by atoms with Gasteiger partial charge in [0.25, 0.3) is 0 Å². The van der Waals surface area contributed by atoms with Crippen molar-refractivity contribution in [2.75, 3.05) is 0 Å². The summed E-state index contributed by atoms with van der Waals surface area (Å²) in [6.07, 6.45) is 0.922. The minimum atomic E-state index is -1.37. The Hall–Kier alpha value is -0.643. The van der Waals surface area contributed by atoms with E-state index in [0.717, 1.165) is 11.8 Å². The summed E-state index contributed by atoms with van der Waals surface area (Å²) in [7, 11) is -1.37. The summed E-state index contributed by atoms with van der Waals surface area (Å²) in [4.78, 5) is 11.8. The van der Waals surface area contributed by atoms with E-state index in [1.807, 2.05) is 39.0 Å². The lowest BCUT2D eigenvalue weighted by Gasteiger charge is -2.42. The van der Waals surface area contributed by atoms with Crippen LogP contribution in [0.3, 0.4) is 0 Å². The number of aldehydes is 1. The summed E-state index contributed by atoms with van der Waals surface area (Å²) in [5, 5.41) is 0.622. The molecule has 0 saturated heterocycles. The average molecular weight is 285 g/mol. The maximum Gasteiger partial charge on any atom is 0.172 e. The molecule has 0 N–H and O–H groups in total. The molecule has 1 aromatic rings. The molecule has 1 aromatic carbocycles. The van der Waals surface area contributed by atoms with Crippen LogP contribution in [0.25, 0.3) is 0 Å². The third-order valence-corrected chi connectivity index (χ3v) is 4.03. The van der Waals surface area contributed by atoms with Crippen LogP contribution in [-0.4, -0.2) is 15.3 Å². The molecular weight excluding hydrogens is 264 g/mol. The summed E-state index contributed by atoms with van der Waals surface area (Å²) in [6, 6.07) is 7.38. The van der Waals surface area contributed by atoms with Crippen molar-refractivity contribution in [1.82, 2.24) is 0 Å². The van der Waals surface area contributed by atoms with Gasteiger partial charge in [0.05, 0.1) is 0 Å². The van der Waals surface area contributed by atoms with Gasteiger partial charge in [-0.3, -0.25) is 4.79 Å². The van der Waals surface area contributed by atoms with Crippen LogP contribution in [0.2, 0.25) is 18.1 Å². The van der Waals surface area contributed by atoms with E-state index in [9.17, 15) is 4.79 Å². The first-order chi connectivity index (χ1) is 8.23. The number of hydrogen-bond donors (Lipinski definition) is 0. The van der Waals surface area contributed by atoms with E-state index in [4.69, 9.17) is 16.0 Å². The largest absolute Gasteiger partial charge is 0.404 e. The van der Waals surface area contributed by atoms with Crippen molar-refractivity contribution in [3.05, 3.63) is 34.9 Å². The van der Waals surface area contributed by atoms with Gasteiger partial charge in [-0.2, -0.15) is 0 Å². The SMILES string of the molecule is C[SiH](C)O[C@@](C=O)(c1cccc(Cl)c1)C(C)(C)C. The number of rotatable bonds is 4. The number of benzene rings is 1. The van der Waals surface area contributed by atoms with Crippen molar-refractivity contribution in [3.63, 3.8) is 0 Å². The molecule has 0 saturated carbocycles. The molecule has 0 unspecified atom stereocenters. The van der Waals surface area contributed by atoms with Gasteiger partial charge in [0.1, 0.15) is 5.60 Å². The van der Waals surface area contributed by atoms with Gasteiger partial charge in [-0.25, -0.2) is 0 Å². The van der Waals surface area contributed by atoms with Crippen LogP contribution in [0.15, 0.2) is 24.3 Å². The molecule has 0 aliphatic heterocycles. The highest BCUT2D eigenvalue weighted by Gasteiger charge is 2.45. The minimum absolute atomic E-state index is 0.323. The van der Waals surface area contributed by atoms with E-state index in [1.165, 1.54) is 0 Å². The highest BCUT2D eigenvalue weighted by molar-refractivity contribution is 6.48. The van der Waals surface area contributed by atoms with Gasteiger partial charge >= 0.3 is 0 Å². The van der Waals surface area contributed by atoms with Gasteiger partial charge < -0.3 is 4.43 Å². The van der Waals surface area contributed by atoms with E-state index < -0.39 is 14.6 Å². The van der Waals surface area contributed by atoms with Crippen LogP contribution in [0.4, 0.5) is 0 Å². The fourth-order valence-electron chi connectivity index (χ4n) is 2.04. The maximum atomic E-state index is 11.8. The van der Waals surface area contributed by atoms with E-state index in [0.29, 0.717) is 5.02 Å². The van der Waals surface area contributed by atoms with Crippen molar-refractivity contribution in [2.24, 2.45) is 5.41 Å². The van der Waals surface area contributed by atoms with Crippen LogP contribution in [0.5, 0.6) is 0 Å². The predicted molar refractivity (Wildman–Crippen MR) is 78.6 cm³/mol. The van der Waals surface area contributed by atoms with E-state index in [-0.39, 0.29) is 5.41 Å². The number of carbonyl (C=O) groups is 1. The Morgan fingerprint density at radius 2 is 1.89 bits per heavy atom. The van der Waals surface area contributed by atoms with E-state index in [2.05, 4.69) is 13.1 Å². The monoisotopic (exact) mass is 284 g/mol. The molecule has 0 bridgehead atoms. The number of hydrogen-bond acceptors (Lipinski definition) is 2. The Morgan fingerprint density at radius 3 is 2.28 bits per heavy atom. The predicted octanol–water partition coefficient (Wildman–Crippen LogP) is 3.78. The molecule has 0 fully saturated rings. The molecule has 0 heterocycles. The van der Waals surface area contributed by atoms with Gasteiger partial charge in [0.2, 0.25) is 0 Å². The second kappa shape index (κ2) is 5.55. The van der Waals surface area contributed by atoms with Crippen molar-refractivity contribution in [3.8, 4) is 0 Å². The normalized spacial score (nSPS) is 15.5. The molecule has 0 aromatic heterocycles. The highest BCUT2D eigenvalue weighted by atomic mass is 35.5. The average Bonchev–Trinajstić information content (AvgIpc) is 2.23. The maximum absolute atomic E-state index is 11.8. The van der Waals surface area contributed by atoms with Crippen LogP contribution < -0.4 is 0 Å². The second-order valence-corrected chi connectivity index (χ2v) is 8.55. The minimum Gasteiger partial charge on any atom is -0.404 e. The molecule has 0 aliphatic carbocycles. The first kappa shape index (κ1) is 15.4. The van der Waals surface area contributed by atoms with Crippen LogP contribution >= 0.6 is 11.6 Å². The van der Waals surface area contributed by atoms with Crippen molar-refractivity contribution >= 4 is 26.9 Å². The first-order valence-electron chi connectivity index (χ1n) is 6.13. The molecule has 0 radical (unpaired) electrons. The van der Waals surface area contributed by atoms with Gasteiger partial charge in [-0.05, 0) is 30.8 Å². The summed E-state index contributed by atoms with van der Waals surface area (Å²) in [5.41, 5.74) is -0.409. The first-order valence-corrected chi connectivity index (χ1v) is 9.29. The molecule has 0 aliphatic rings. The van der Waals surface area contributed by atoms with Crippen molar-refractivity contribution < 1.29 is 9.22 Å². The Labute approximate surface area is 116 Å². The van der Waals surface area contributed by atoms with E-state index in [1.54, 1.807) is 6.07 Å². The second-order valence-electron chi connectivity index (χ2n) is 5.78. The quantitative estimate of drug-likeness (QED) is 0.621. The van der Waals surface area contributed by atoms with Crippen molar-refractivity contribution in [1.29, 1.82) is 0 Å². The van der Waals surface area contributed by atoms with Gasteiger partial charge in [0.15, 0.2) is 15.3 Å². The van der Waals surface area contributed by atoms with Crippen LogP contribution in [0.1, 0.15) is 26.3 Å². The van der Waals surface area contributed by atoms with Crippen LogP contribution in [-0.2, 0) is 14.8 Å². The van der Waals surface area contributed by atoms with Gasteiger partial charge in [0, 0.05) is 10.4 Å². The molecule has 100 valence electrons. The zero-order valence-corrected chi connectivity index (χ0v) is 13.6. The molecule has 18 heavy (non-hydrogen) atoms. The Bertz CT molecular complexity index is 426. The number of carbonyl (C=O) groups excluding carboxylic acids is 1. The third kappa shape index (κ3) is 3.02. The molecule has 0 amide bonds. The molecule has 2 nitrogen and oxygen atoms in total. The molecule has 0 spiro atoms. The number of halogens is 1. The highest BCUT2D eigenvalue weighted by Crippen LogP contribution is 2.42. The fourth-order valence-corrected chi connectivity index (χ4v) is 3.52. The lowest BCUT2D eigenvalue weighted by Crippen LogP contribution is -2.46. The lowest BCUT2D eigenvalue weighted by molar-refractivity contribution is -0.133. The lowest BCUT2D eigenvalue weighted by atomic mass is 9.73. The standard InChI is InChI=1S/C14H21ClO2Si/c1-13(2,3)14(10-16,17-18(4)5)11-7-6-8-12(15)9-11/h6-10,18H,1-5H3/t14-/m0/s1. The zero-order chi connectivity index (χ0) is 14.0. The van der Waals surface area contributed by atoms with Crippen molar-refractivity contribution in [2.45, 2.75) is 39.5 Å². The van der Waals surface area contributed by atoms with Gasteiger partial charge in [-0.15, -0.1) is 0 Å². The van der Waals surface area contributed by atoms with E-state index >= 15 is 0 Å². The topological polar surface area (TPSA) is 26.3 Å². The Kier molecular flexibility index (Phi) is 4.76. The third-order valence-electron chi connectivity index (χ3n) is 2.96. The smallest absolute Gasteiger partial charge is 0.172 e. The summed E-state index contributed by atoms with van der Waals surface area (Å²) < 4.78 is 6.10. The molecule has 1 rings (SSSR count). The molecule has 4 heteroatoms. The van der Waals surface area contributed by atoms with Crippen LogP contribution in [0, 0.1) is 5.41 Å². The molecule has 1 atom stereocenters. The Morgan fingerprint density at radius 1 is 1.28 bits per heavy atom. The fraction of sp³-hybridized carbons (Fsp3) is 0.500.